The average Bonchev–Trinajstić information content (AvgIpc) is 3.11. The van der Waals surface area contributed by atoms with Crippen molar-refractivity contribution in [3.63, 3.8) is 0 Å². The summed E-state index contributed by atoms with van der Waals surface area (Å²) in [5.41, 5.74) is 7.09. The fourth-order valence-corrected chi connectivity index (χ4v) is 5.05. The topological polar surface area (TPSA) is 17.8 Å². The Morgan fingerprint density at radius 3 is 2.23 bits per heavy atom. The van der Waals surface area contributed by atoms with Gasteiger partial charge in [0.1, 0.15) is 0 Å². The number of nitrogens with zero attached hydrogens (tertiary/aromatic N) is 2. The molecule has 0 amide bonds. The minimum atomic E-state index is 0.438. The zero-order valence-electron chi connectivity index (χ0n) is 18.1. The Labute approximate surface area is 181 Å². The van der Waals surface area contributed by atoms with Crippen molar-refractivity contribution in [1.82, 2.24) is 9.55 Å². The number of hydrogen-bond donors (Lipinski definition) is 0. The molecular formula is C29H24N2. The summed E-state index contributed by atoms with van der Waals surface area (Å²) in [6, 6.07) is 30.5. The summed E-state index contributed by atoms with van der Waals surface area (Å²) in [5, 5.41) is 6.38. The Kier molecular flexibility index (Phi) is 3.91. The van der Waals surface area contributed by atoms with Crippen molar-refractivity contribution in [2.24, 2.45) is 7.05 Å². The van der Waals surface area contributed by atoms with Crippen LogP contribution in [0.25, 0.3) is 54.7 Å². The summed E-state index contributed by atoms with van der Waals surface area (Å²) >= 11 is 0. The number of aromatic nitrogens is 2. The van der Waals surface area contributed by atoms with Gasteiger partial charge in [0.05, 0.1) is 16.7 Å². The van der Waals surface area contributed by atoms with Gasteiger partial charge in [0.25, 0.3) is 0 Å². The summed E-state index contributed by atoms with van der Waals surface area (Å²) in [4.78, 5) is 5.22. The summed E-state index contributed by atoms with van der Waals surface area (Å²) in [6.45, 7) is 4.54. The van der Waals surface area contributed by atoms with Gasteiger partial charge in [-0.15, -0.1) is 0 Å². The van der Waals surface area contributed by atoms with Crippen LogP contribution in [-0.2, 0) is 7.05 Å². The van der Waals surface area contributed by atoms with Crippen molar-refractivity contribution in [3.05, 3.63) is 90.5 Å². The van der Waals surface area contributed by atoms with E-state index in [1.807, 2.05) is 0 Å². The highest BCUT2D eigenvalue weighted by Gasteiger charge is 2.19. The Hall–Kier alpha value is -3.65. The molecule has 31 heavy (non-hydrogen) atoms. The van der Waals surface area contributed by atoms with Gasteiger partial charge in [0, 0.05) is 34.3 Å². The van der Waals surface area contributed by atoms with Crippen LogP contribution in [0.3, 0.4) is 0 Å². The Morgan fingerprint density at radius 2 is 1.42 bits per heavy atom. The van der Waals surface area contributed by atoms with Crippen molar-refractivity contribution in [2.75, 3.05) is 0 Å². The first-order valence-corrected chi connectivity index (χ1v) is 10.9. The molecule has 2 nitrogen and oxygen atoms in total. The standard InChI is InChI=1S/C29H24N2/c1-18(2)24-17-20(16-19-10-4-5-11-21(19)24)28-29-27(22-12-6-8-14-25(22)30-28)23-13-7-9-15-26(23)31(29)3/h4-18H,1-3H3. The van der Waals surface area contributed by atoms with Gasteiger partial charge in [-0.1, -0.05) is 74.5 Å². The molecule has 6 aromatic rings. The van der Waals surface area contributed by atoms with Crippen LogP contribution in [0.1, 0.15) is 25.3 Å². The maximum Gasteiger partial charge on any atom is 0.0953 e. The number of fused-ring (bicyclic) bond motifs is 6. The van der Waals surface area contributed by atoms with Gasteiger partial charge in [-0.05, 0) is 46.5 Å². The normalized spacial score (nSPS) is 12.0. The first-order valence-electron chi connectivity index (χ1n) is 10.9. The molecule has 0 bridgehead atoms. The number of pyridine rings is 1. The fraction of sp³-hybridized carbons (Fsp3) is 0.138. The second-order valence-electron chi connectivity index (χ2n) is 8.72. The molecule has 2 heteroatoms. The van der Waals surface area contributed by atoms with E-state index in [1.165, 1.54) is 49.1 Å². The molecule has 2 heterocycles. The van der Waals surface area contributed by atoms with E-state index in [9.17, 15) is 0 Å². The van der Waals surface area contributed by atoms with E-state index < -0.39 is 0 Å². The van der Waals surface area contributed by atoms with Gasteiger partial charge >= 0.3 is 0 Å². The second-order valence-corrected chi connectivity index (χ2v) is 8.72. The maximum absolute atomic E-state index is 5.22. The SMILES string of the molecule is CC(C)c1cc(-c2nc3ccccc3c3c4ccccc4n(C)c23)cc2ccccc12. The smallest absolute Gasteiger partial charge is 0.0953 e. The average molecular weight is 401 g/mol. The minimum Gasteiger partial charge on any atom is -0.342 e. The van der Waals surface area contributed by atoms with Crippen LogP contribution in [0.2, 0.25) is 0 Å². The summed E-state index contributed by atoms with van der Waals surface area (Å²) in [7, 11) is 2.16. The molecule has 0 radical (unpaired) electrons. The lowest BCUT2D eigenvalue weighted by Crippen LogP contribution is -1.96. The van der Waals surface area contributed by atoms with Crippen molar-refractivity contribution in [1.29, 1.82) is 0 Å². The Morgan fingerprint density at radius 1 is 0.742 bits per heavy atom. The van der Waals surface area contributed by atoms with Crippen LogP contribution in [0.4, 0.5) is 0 Å². The van der Waals surface area contributed by atoms with E-state index in [4.69, 9.17) is 4.98 Å². The lowest BCUT2D eigenvalue weighted by atomic mass is 9.92. The number of rotatable bonds is 2. The van der Waals surface area contributed by atoms with Gasteiger partial charge < -0.3 is 4.57 Å². The monoisotopic (exact) mass is 400 g/mol. The molecule has 0 aliphatic heterocycles. The van der Waals surface area contributed by atoms with E-state index >= 15 is 0 Å². The quantitative estimate of drug-likeness (QED) is 0.290. The third-order valence-corrected chi connectivity index (χ3v) is 6.53. The predicted molar refractivity (Wildman–Crippen MR) is 133 cm³/mol. The number of hydrogen-bond acceptors (Lipinski definition) is 1. The van der Waals surface area contributed by atoms with Gasteiger partial charge in [-0.2, -0.15) is 0 Å². The van der Waals surface area contributed by atoms with Gasteiger partial charge in [-0.3, -0.25) is 0 Å². The summed E-state index contributed by atoms with van der Waals surface area (Å²) in [5.74, 6) is 0.438. The molecule has 6 rings (SSSR count). The number of para-hydroxylation sites is 2. The molecule has 0 fully saturated rings. The zero-order chi connectivity index (χ0) is 21.1. The Bertz CT molecular complexity index is 1620. The molecule has 150 valence electrons. The fourth-order valence-electron chi connectivity index (χ4n) is 5.05. The molecule has 0 aliphatic rings. The minimum absolute atomic E-state index is 0.438. The lowest BCUT2D eigenvalue weighted by molar-refractivity contribution is 0.876. The number of aryl methyl sites for hydroxylation is 1. The predicted octanol–water partition coefficient (Wildman–Crippen LogP) is 7.82. The van der Waals surface area contributed by atoms with E-state index in [-0.39, 0.29) is 0 Å². The molecule has 0 atom stereocenters. The first kappa shape index (κ1) is 18.1. The van der Waals surface area contributed by atoms with E-state index in [0.717, 1.165) is 11.2 Å². The highest BCUT2D eigenvalue weighted by Crippen LogP contribution is 2.40. The Balaban J connectivity index is 1.82. The molecule has 0 spiro atoms. The van der Waals surface area contributed by atoms with Crippen molar-refractivity contribution in [3.8, 4) is 11.3 Å². The van der Waals surface area contributed by atoms with Crippen LogP contribution in [0.15, 0.2) is 84.9 Å². The van der Waals surface area contributed by atoms with Crippen LogP contribution in [-0.4, -0.2) is 9.55 Å². The van der Waals surface area contributed by atoms with E-state index in [1.54, 1.807) is 0 Å². The molecular weight excluding hydrogens is 376 g/mol. The van der Waals surface area contributed by atoms with Crippen LogP contribution < -0.4 is 0 Å². The highest BCUT2D eigenvalue weighted by atomic mass is 15.0. The van der Waals surface area contributed by atoms with Gasteiger partial charge in [0.2, 0.25) is 0 Å². The van der Waals surface area contributed by atoms with E-state index in [2.05, 4.69) is 110 Å². The molecule has 2 aromatic heterocycles. The first-order chi connectivity index (χ1) is 15.1. The molecule has 0 saturated carbocycles. The molecule has 0 aliphatic carbocycles. The van der Waals surface area contributed by atoms with Crippen molar-refractivity contribution < 1.29 is 0 Å². The number of benzene rings is 4. The highest BCUT2D eigenvalue weighted by molar-refractivity contribution is 6.22. The van der Waals surface area contributed by atoms with Crippen LogP contribution in [0, 0.1) is 0 Å². The van der Waals surface area contributed by atoms with Crippen molar-refractivity contribution in [2.45, 2.75) is 19.8 Å². The lowest BCUT2D eigenvalue weighted by Gasteiger charge is -2.15. The van der Waals surface area contributed by atoms with E-state index in [0.29, 0.717) is 5.92 Å². The summed E-state index contributed by atoms with van der Waals surface area (Å²) in [6.07, 6.45) is 0. The third-order valence-electron chi connectivity index (χ3n) is 6.53. The molecule has 0 unspecified atom stereocenters. The van der Waals surface area contributed by atoms with Crippen LogP contribution >= 0.6 is 0 Å². The largest absolute Gasteiger partial charge is 0.342 e. The third kappa shape index (κ3) is 2.61. The molecule has 0 saturated heterocycles. The van der Waals surface area contributed by atoms with Crippen molar-refractivity contribution >= 4 is 43.5 Å². The molecule has 0 N–H and O–H groups in total. The zero-order valence-corrected chi connectivity index (χ0v) is 18.1. The van der Waals surface area contributed by atoms with Gasteiger partial charge in [0.15, 0.2) is 0 Å². The van der Waals surface area contributed by atoms with Gasteiger partial charge in [-0.25, -0.2) is 4.98 Å². The summed E-state index contributed by atoms with van der Waals surface area (Å²) < 4.78 is 2.31. The second kappa shape index (κ2) is 6.68. The maximum atomic E-state index is 5.22. The van der Waals surface area contributed by atoms with Crippen LogP contribution in [0.5, 0.6) is 0 Å². The molecule has 4 aromatic carbocycles.